The molecular formula is C23H31N3O2S2. The van der Waals surface area contributed by atoms with Crippen LogP contribution in [0.3, 0.4) is 0 Å². The molecule has 4 rings (SSSR count). The molecule has 7 heteroatoms. The van der Waals surface area contributed by atoms with Crippen LogP contribution in [0.25, 0.3) is 10.4 Å². The summed E-state index contributed by atoms with van der Waals surface area (Å²) >= 11 is 5.53. The molecule has 0 saturated heterocycles. The smallest absolute Gasteiger partial charge is 0.268 e. The highest BCUT2D eigenvalue weighted by Gasteiger charge is 2.32. The maximum atomic E-state index is 12.4. The second-order valence-electron chi connectivity index (χ2n) is 8.46. The Labute approximate surface area is 188 Å². The minimum atomic E-state index is -0.471. The van der Waals surface area contributed by atoms with Crippen LogP contribution in [0.4, 0.5) is 5.13 Å². The third-order valence-electron chi connectivity index (χ3n) is 6.49. The van der Waals surface area contributed by atoms with Gasteiger partial charge in [0.1, 0.15) is 5.69 Å². The van der Waals surface area contributed by atoms with Crippen molar-refractivity contribution in [1.82, 2.24) is 4.98 Å². The Morgan fingerprint density at radius 3 is 2.23 bits per heavy atom. The number of anilines is 1. The highest BCUT2D eigenvalue weighted by Crippen LogP contribution is 2.41. The lowest BCUT2D eigenvalue weighted by molar-refractivity contribution is 0.0997. The topological polar surface area (TPSA) is 68.5 Å². The minimum absolute atomic E-state index is 0.361. The lowest BCUT2D eigenvalue weighted by Gasteiger charge is -2.41. The lowest BCUT2D eigenvalue weighted by atomic mass is 9.89. The van der Waals surface area contributed by atoms with Gasteiger partial charge in [0.15, 0.2) is 5.13 Å². The average Bonchev–Trinajstić information content (AvgIpc) is 3.21. The fourth-order valence-corrected chi connectivity index (χ4v) is 6.45. The van der Waals surface area contributed by atoms with E-state index in [1.165, 1.54) is 64.2 Å². The molecule has 0 atom stereocenters. The van der Waals surface area contributed by atoms with Crippen molar-refractivity contribution in [3.8, 4) is 10.4 Å². The number of thiol groups is 1. The molecule has 2 aromatic rings. The van der Waals surface area contributed by atoms with E-state index in [9.17, 15) is 4.79 Å². The molecule has 0 aliphatic heterocycles. The Morgan fingerprint density at radius 1 is 1.07 bits per heavy atom. The van der Waals surface area contributed by atoms with E-state index in [-0.39, 0.29) is 0 Å². The Morgan fingerprint density at radius 2 is 1.67 bits per heavy atom. The summed E-state index contributed by atoms with van der Waals surface area (Å²) in [6, 6.07) is 8.97. The number of carbonyl (C=O) groups is 1. The fourth-order valence-electron chi connectivity index (χ4n) is 5.03. The van der Waals surface area contributed by atoms with Gasteiger partial charge in [0, 0.05) is 12.1 Å². The first kappa shape index (κ1) is 21.7. The molecule has 0 spiro atoms. The number of nitrogens with two attached hydrogens (primary N) is 1. The molecule has 1 aromatic heterocycles. The molecule has 0 unspecified atom stereocenters. The van der Waals surface area contributed by atoms with Gasteiger partial charge < -0.3 is 14.8 Å². The van der Waals surface area contributed by atoms with Gasteiger partial charge in [0.2, 0.25) is 0 Å². The lowest BCUT2D eigenvalue weighted by Crippen LogP contribution is -2.45. The molecule has 162 valence electrons. The zero-order valence-corrected chi connectivity index (χ0v) is 19.1. The van der Waals surface area contributed by atoms with Crippen molar-refractivity contribution >= 4 is 35.3 Å². The summed E-state index contributed by atoms with van der Waals surface area (Å²) in [6.45, 7) is 0.361. The van der Waals surface area contributed by atoms with Crippen molar-refractivity contribution in [3.63, 3.8) is 0 Å². The number of hydrogen-bond donors (Lipinski definition) is 2. The zero-order chi connectivity index (χ0) is 20.9. The number of benzene rings is 1. The molecule has 1 heterocycles. The molecule has 0 bridgehead atoms. The first-order chi connectivity index (χ1) is 14.7. The summed E-state index contributed by atoms with van der Waals surface area (Å²) in [7, 11) is 0. The van der Waals surface area contributed by atoms with Gasteiger partial charge in [-0.2, -0.15) is 0 Å². The van der Waals surface area contributed by atoms with Crippen LogP contribution in [0.15, 0.2) is 24.3 Å². The summed E-state index contributed by atoms with van der Waals surface area (Å²) in [4.78, 5) is 20.6. The summed E-state index contributed by atoms with van der Waals surface area (Å²) < 4.78 is 5.09. The van der Waals surface area contributed by atoms with E-state index in [1.807, 2.05) is 24.3 Å². The van der Waals surface area contributed by atoms with Crippen molar-refractivity contribution < 1.29 is 8.98 Å². The fraction of sp³-hybridized carbons (Fsp3) is 0.565. The van der Waals surface area contributed by atoms with Crippen LogP contribution in [0.2, 0.25) is 0 Å². The van der Waals surface area contributed by atoms with Gasteiger partial charge in [-0.15, -0.1) is 0 Å². The van der Waals surface area contributed by atoms with Crippen LogP contribution >= 0.6 is 24.2 Å². The first-order valence-electron chi connectivity index (χ1n) is 11.1. The Bertz CT molecular complexity index is 840. The molecular weight excluding hydrogens is 414 g/mol. The molecule has 1 amide bonds. The normalized spacial score (nSPS) is 18.4. The second kappa shape index (κ2) is 10.2. The van der Waals surface area contributed by atoms with Gasteiger partial charge in [0.05, 0.1) is 11.5 Å². The number of carbonyl (C=O) groups excluding carboxylic acids is 1. The third-order valence-corrected chi connectivity index (χ3v) is 7.72. The molecule has 2 aliphatic carbocycles. The van der Waals surface area contributed by atoms with E-state index in [0.29, 0.717) is 24.4 Å². The van der Waals surface area contributed by atoms with E-state index in [2.05, 4.69) is 17.8 Å². The van der Waals surface area contributed by atoms with Crippen LogP contribution in [0, 0.1) is 0 Å². The molecule has 2 aliphatic rings. The molecule has 1 aromatic carbocycles. The highest BCUT2D eigenvalue weighted by molar-refractivity contribution is 7.75. The zero-order valence-electron chi connectivity index (χ0n) is 17.4. The van der Waals surface area contributed by atoms with Crippen LogP contribution < -0.4 is 10.6 Å². The SMILES string of the molecule is NC(=O)c1nc(N(C2CCCCC2)C2CCCCC2)sc1-c1ccccc1COS. The van der Waals surface area contributed by atoms with Crippen LogP contribution in [0.5, 0.6) is 0 Å². The molecule has 5 nitrogen and oxygen atoms in total. The number of nitrogens with zero attached hydrogens (tertiary/aromatic N) is 2. The molecule has 2 saturated carbocycles. The van der Waals surface area contributed by atoms with Crippen LogP contribution in [-0.4, -0.2) is 23.0 Å². The van der Waals surface area contributed by atoms with E-state index in [4.69, 9.17) is 14.9 Å². The Hall–Kier alpha value is -1.57. The summed E-state index contributed by atoms with van der Waals surface area (Å²) in [5, 5.41) is 0.958. The maximum Gasteiger partial charge on any atom is 0.268 e. The largest absolute Gasteiger partial charge is 0.364 e. The minimum Gasteiger partial charge on any atom is -0.364 e. The van der Waals surface area contributed by atoms with Gasteiger partial charge >= 0.3 is 0 Å². The van der Waals surface area contributed by atoms with Crippen LogP contribution in [0.1, 0.15) is 80.3 Å². The number of rotatable bonds is 7. The van der Waals surface area contributed by atoms with Gasteiger partial charge in [0.25, 0.3) is 5.91 Å². The van der Waals surface area contributed by atoms with Crippen LogP contribution in [-0.2, 0) is 10.8 Å². The standard InChI is InChI=1S/C23H31N3O2S2/c24-22(27)20-21(19-14-8-7-9-16(19)15-28-29)30-23(25-20)26(17-10-3-1-4-11-17)18-12-5-2-6-13-18/h7-9,14,17-18,29H,1-6,10-13,15H2,(H2,24,27). The quantitative estimate of drug-likeness (QED) is 0.421. The van der Waals surface area contributed by atoms with E-state index in [1.54, 1.807) is 11.3 Å². The highest BCUT2D eigenvalue weighted by atomic mass is 32.1. The van der Waals surface area contributed by atoms with Crippen molar-refractivity contribution in [3.05, 3.63) is 35.5 Å². The van der Waals surface area contributed by atoms with E-state index < -0.39 is 5.91 Å². The monoisotopic (exact) mass is 445 g/mol. The molecule has 30 heavy (non-hydrogen) atoms. The van der Waals surface area contributed by atoms with Crippen molar-refractivity contribution in [2.75, 3.05) is 4.90 Å². The number of hydrogen-bond acceptors (Lipinski definition) is 6. The molecule has 2 N–H and O–H groups in total. The van der Waals surface area contributed by atoms with E-state index in [0.717, 1.165) is 21.1 Å². The van der Waals surface area contributed by atoms with Gasteiger partial charge in [-0.25, -0.2) is 4.98 Å². The number of aromatic nitrogens is 1. The van der Waals surface area contributed by atoms with Crippen molar-refractivity contribution in [2.24, 2.45) is 5.73 Å². The third kappa shape index (κ3) is 4.68. The van der Waals surface area contributed by atoms with Gasteiger partial charge in [-0.3, -0.25) is 4.79 Å². The maximum absolute atomic E-state index is 12.4. The summed E-state index contributed by atoms with van der Waals surface area (Å²) in [6.07, 6.45) is 12.6. The van der Waals surface area contributed by atoms with Crippen molar-refractivity contribution in [2.45, 2.75) is 82.9 Å². The average molecular weight is 446 g/mol. The van der Waals surface area contributed by atoms with Gasteiger partial charge in [-0.05, 0) is 49.7 Å². The number of thiazole rings is 1. The molecule has 0 radical (unpaired) electrons. The predicted molar refractivity (Wildman–Crippen MR) is 126 cm³/mol. The number of primary amides is 1. The predicted octanol–water partition coefficient (Wildman–Crippen LogP) is 5.74. The Kier molecular flexibility index (Phi) is 7.33. The summed E-state index contributed by atoms with van der Waals surface area (Å²) in [5.41, 5.74) is 8.09. The number of amides is 1. The van der Waals surface area contributed by atoms with E-state index >= 15 is 0 Å². The first-order valence-corrected chi connectivity index (χ1v) is 12.3. The summed E-state index contributed by atoms with van der Waals surface area (Å²) in [5.74, 6) is -0.471. The van der Waals surface area contributed by atoms with Gasteiger partial charge in [-0.1, -0.05) is 74.1 Å². The van der Waals surface area contributed by atoms with Crippen molar-refractivity contribution in [1.29, 1.82) is 0 Å². The Balaban J connectivity index is 1.76. The molecule has 2 fully saturated rings. The second-order valence-corrected chi connectivity index (χ2v) is 9.70.